The molecule has 4 rings (SSSR count). The molecule has 170 valence electrons. The molecular formula is C24H27ClN2O4S. The van der Waals surface area contributed by atoms with Crippen molar-refractivity contribution in [3.8, 4) is 0 Å². The summed E-state index contributed by atoms with van der Waals surface area (Å²) in [7, 11) is -3.63. The number of hydrogen-bond donors (Lipinski definition) is 1. The smallest absolute Gasteiger partial charge is 0.291 e. The molecule has 0 aliphatic carbocycles. The number of amides is 1. The van der Waals surface area contributed by atoms with E-state index in [9.17, 15) is 13.2 Å². The summed E-state index contributed by atoms with van der Waals surface area (Å²) < 4.78 is 33.9. The van der Waals surface area contributed by atoms with Crippen molar-refractivity contribution in [1.82, 2.24) is 4.31 Å². The molecule has 1 aliphatic rings. The van der Waals surface area contributed by atoms with Crippen LogP contribution < -0.4 is 5.32 Å². The van der Waals surface area contributed by atoms with Crippen molar-refractivity contribution >= 4 is 44.2 Å². The highest BCUT2D eigenvalue weighted by Gasteiger charge is 2.32. The molecule has 0 radical (unpaired) electrons. The molecule has 8 heteroatoms. The molecule has 1 aromatic heterocycles. The average Bonchev–Trinajstić information content (AvgIpc) is 3.06. The summed E-state index contributed by atoms with van der Waals surface area (Å²) in [6.07, 6.45) is 1.02. The Bertz CT molecular complexity index is 1290. The number of furan rings is 1. The highest BCUT2D eigenvalue weighted by Crippen LogP contribution is 2.32. The highest BCUT2D eigenvalue weighted by atomic mass is 35.5. The van der Waals surface area contributed by atoms with E-state index in [1.807, 2.05) is 13.0 Å². The van der Waals surface area contributed by atoms with Crippen molar-refractivity contribution in [3.05, 3.63) is 58.3 Å². The van der Waals surface area contributed by atoms with Gasteiger partial charge in [0.05, 0.1) is 4.90 Å². The number of hydrogen-bond acceptors (Lipinski definition) is 4. The Balaban J connectivity index is 1.65. The summed E-state index contributed by atoms with van der Waals surface area (Å²) in [6, 6.07) is 10.0. The van der Waals surface area contributed by atoms with Gasteiger partial charge in [-0.1, -0.05) is 31.5 Å². The number of anilines is 1. The van der Waals surface area contributed by atoms with Crippen LogP contribution in [0.3, 0.4) is 0 Å². The third kappa shape index (κ3) is 4.29. The lowest BCUT2D eigenvalue weighted by Gasteiger charge is -2.34. The molecule has 2 atom stereocenters. The monoisotopic (exact) mass is 474 g/mol. The van der Waals surface area contributed by atoms with Gasteiger partial charge in [-0.05, 0) is 68.0 Å². The van der Waals surface area contributed by atoms with Crippen molar-refractivity contribution in [2.75, 3.05) is 18.4 Å². The van der Waals surface area contributed by atoms with E-state index in [1.54, 1.807) is 41.6 Å². The number of aryl methyl sites for hydroxylation is 2. The number of benzene rings is 2. The SMILES string of the molecule is Cc1ccc(NC(=O)c2oc3ccc(S(=O)(=O)N4C[C@H](C)C[C@@H](C)C4)cc3c2C)cc1Cl. The zero-order chi connectivity index (χ0) is 23.2. The van der Waals surface area contributed by atoms with E-state index in [0.29, 0.717) is 52.2 Å². The van der Waals surface area contributed by atoms with Gasteiger partial charge in [-0.25, -0.2) is 8.42 Å². The maximum atomic E-state index is 13.3. The second kappa shape index (κ2) is 8.54. The van der Waals surface area contributed by atoms with Crippen molar-refractivity contribution in [1.29, 1.82) is 0 Å². The number of sulfonamides is 1. The minimum absolute atomic E-state index is 0.145. The van der Waals surface area contributed by atoms with Crippen LogP contribution in [0.4, 0.5) is 5.69 Å². The molecule has 0 saturated carbocycles. The fourth-order valence-electron chi connectivity index (χ4n) is 4.39. The predicted molar refractivity (Wildman–Crippen MR) is 127 cm³/mol. The molecule has 0 spiro atoms. The second-order valence-electron chi connectivity index (χ2n) is 8.90. The number of rotatable bonds is 4. The van der Waals surface area contributed by atoms with Gasteiger partial charge in [0.25, 0.3) is 5.91 Å². The number of carbonyl (C=O) groups excluding carboxylic acids is 1. The van der Waals surface area contributed by atoms with Crippen LogP contribution in [0.25, 0.3) is 11.0 Å². The van der Waals surface area contributed by atoms with Gasteiger partial charge in [-0.3, -0.25) is 4.79 Å². The largest absolute Gasteiger partial charge is 0.451 e. The van der Waals surface area contributed by atoms with Gasteiger partial charge in [0.15, 0.2) is 5.76 Å². The first-order chi connectivity index (χ1) is 15.1. The minimum Gasteiger partial charge on any atom is -0.451 e. The first-order valence-electron chi connectivity index (χ1n) is 10.7. The number of fused-ring (bicyclic) bond motifs is 1. The van der Waals surface area contributed by atoms with Gasteiger partial charge in [0.1, 0.15) is 5.58 Å². The van der Waals surface area contributed by atoms with Gasteiger partial charge in [-0.2, -0.15) is 4.31 Å². The lowest BCUT2D eigenvalue weighted by molar-refractivity contribution is 0.0998. The average molecular weight is 475 g/mol. The van der Waals surface area contributed by atoms with Crippen LogP contribution in [0.5, 0.6) is 0 Å². The quantitative estimate of drug-likeness (QED) is 0.532. The third-order valence-corrected chi connectivity index (χ3v) is 8.25. The van der Waals surface area contributed by atoms with Crippen LogP contribution in [0, 0.1) is 25.7 Å². The van der Waals surface area contributed by atoms with Crippen LogP contribution in [0.15, 0.2) is 45.7 Å². The number of nitrogens with zero attached hydrogens (tertiary/aromatic N) is 1. The first kappa shape index (κ1) is 22.8. The van der Waals surface area contributed by atoms with Crippen LogP contribution in [-0.2, 0) is 10.0 Å². The van der Waals surface area contributed by atoms with E-state index >= 15 is 0 Å². The van der Waals surface area contributed by atoms with Crippen molar-refractivity contribution in [2.45, 2.75) is 39.0 Å². The van der Waals surface area contributed by atoms with Crippen molar-refractivity contribution < 1.29 is 17.6 Å². The first-order valence-corrected chi connectivity index (χ1v) is 12.5. The Morgan fingerprint density at radius 1 is 1.09 bits per heavy atom. The molecule has 32 heavy (non-hydrogen) atoms. The fraction of sp³-hybridized carbons (Fsp3) is 0.375. The maximum absolute atomic E-state index is 13.3. The Hall–Kier alpha value is -2.35. The van der Waals surface area contributed by atoms with E-state index in [2.05, 4.69) is 19.2 Å². The van der Waals surface area contributed by atoms with Gasteiger partial charge in [0, 0.05) is 34.7 Å². The van der Waals surface area contributed by atoms with Crippen molar-refractivity contribution in [3.63, 3.8) is 0 Å². The maximum Gasteiger partial charge on any atom is 0.291 e. The number of halogens is 1. The number of piperidine rings is 1. The van der Waals surface area contributed by atoms with E-state index in [4.69, 9.17) is 16.0 Å². The van der Waals surface area contributed by atoms with Gasteiger partial charge < -0.3 is 9.73 Å². The lowest BCUT2D eigenvalue weighted by atomic mass is 9.94. The zero-order valence-electron chi connectivity index (χ0n) is 18.6. The van der Waals surface area contributed by atoms with Gasteiger partial charge in [-0.15, -0.1) is 0 Å². The minimum atomic E-state index is -3.63. The summed E-state index contributed by atoms with van der Waals surface area (Å²) in [5.74, 6) is 0.366. The summed E-state index contributed by atoms with van der Waals surface area (Å²) >= 11 is 6.15. The zero-order valence-corrected chi connectivity index (χ0v) is 20.2. The molecule has 6 nitrogen and oxygen atoms in total. The molecule has 0 unspecified atom stereocenters. The molecule has 1 N–H and O–H groups in total. The Morgan fingerprint density at radius 2 is 1.78 bits per heavy atom. The molecule has 1 fully saturated rings. The molecule has 2 heterocycles. The van der Waals surface area contributed by atoms with Gasteiger partial charge in [0.2, 0.25) is 10.0 Å². The molecule has 3 aromatic rings. The Labute approximate surface area is 193 Å². The van der Waals surface area contributed by atoms with E-state index in [1.165, 1.54) is 0 Å². The van der Waals surface area contributed by atoms with Crippen LogP contribution >= 0.6 is 11.6 Å². The van der Waals surface area contributed by atoms with Crippen molar-refractivity contribution in [2.24, 2.45) is 11.8 Å². The number of nitrogens with one attached hydrogen (secondary N) is 1. The highest BCUT2D eigenvalue weighted by molar-refractivity contribution is 7.89. The summed E-state index contributed by atoms with van der Waals surface area (Å²) in [6.45, 7) is 8.82. The summed E-state index contributed by atoms with van der Waals surface area (Å²) in [5, 5.41) is 3.95. The van der Waals surface area contributed by atoms with Crippen LogP contribution in [0.2, 0.25) is 5.02 Å². The van der Waals surface area contributed by atoms with E-state index < -0.39 is 15.9 Å². The van der Waals surface area contributed by atoms with Crippen LogP contribution in [0.1, 0.15) is 41.9 Å². The molecule has 1 saturated heterocycles. The standard InChI is InChI=1S/C24H27ClN2O4S/c1-14-9-15(2)13-27(12-14)32(29,30)19-7-8-22-20(11-19)17(4)23(31-22)24(28)26-18-6-5-16(3)21(25)10-18/h5-8,10-11,14-15H,9,12-13H2,1-4H3,(H,26,28)/t14-,15-/m1/s1. The molecular weight excluding hydrogens is 448 g/mol. The fourth-order valence-corrected chi connectivity index (χ4v) is 6.27. The second-order valence-corrected chi connectivity index (χ2v) is 11.2. The topological polar surface area (TPSA) is 79.6 Å². The predicted octanol–water partition coefficient (Wildman–Crippen LogP) is 5.62. The number of carbonyl (C=O) groups is 1. The molecule has 2 aromatic carbocycles. The van der Waals surface area contributed by atoms with E-state index in [-0.39, 0.29) is 10.7 Å². The summed E-state index contributed by atoms with van der Waals surface area (Å²) in [5.41, 5.74) is 2.53. The molecule has 1 aliphatic heterocycles. The van der Waals surface area contributed by atoms with Gasteiger partial charge >= 0.3 is 0 Å². The van der Waals surface area contributed by atoms with Crippen LogP contribution in [-0.4, -0.2) is 31.7 Å². The third-order valence-electron chi connectivity index (χ3n) is 6.02. The Kier molecular flexibility index (Phi) is 6.09. The molecule has 0 bridgehead atoms. The Morgan fingerprint density at radius 3 is 2.44 bits per heavy atom. The molecule has 1 amide bonds. The lowest BCUT2D eigenvalue weighted by Crippen LogP contribution is -2.42. The summed E-state index contributed by atoms with van der Waals surface area (Å²) in [4.78, 5) is 13.0. The van der Waals surface area contributed by atoms with E-state index in [0.717, 1.165) is 12.0 Å². The normalized spacial score (nSPS) is 19.9.